The molecule has 0 unspecified atom stereocenters. The highest BCUT2D eigenvalue weighted by atomic mass is 16.5. The Morgan fingerprint density at radius 1 is 0.821 bits per heavy atom. The maximum absolute atomic E-state index is 5.78. The number of hydrogen-bond donors (Lipinski definition) is 1. The van der Waals surface area contributed by atoms with E-state index in [0.717, 1.165) is 36.6 Å². The second kappa shape index (κ2) is 11.2. The maximum atomic E-state index is 5.78. The maximum Gasteiger partial charge on any atom is 0.122 e. The normalized spacial score (nSPS) is 10.8. The SMILES string of the molecule is COc1cccc(OCCCCCCCCNc2ccnc3ccccc23)c1. The number of methoxy groups -OCH3 is 1. The lowest BCUT2D eigenvalue weighted by Crippen LogP contribution is -2.02. The molecule has 0 aliphatic rings. The molecule has 1 N–H and O–H groups in total. The minimum absolute atomic E-state index is 0.768. The second-order valence-electron chi connectivity index (χ2n) is 6.95. The zero-order chi connectivity index (χ0) is 19.4. The van der Waals surface area contributed by atoms with Crippen LogP contribution in [-0.2, 0) is 0 Å². The number of fused-ring (bicyclic) bond motifs is 1. The zero-order valence-corrected chi connectivity index (χ0v) is 16.7. The van der Waals surface area contributed by atoms with E-state index in [9.17, 15) is 0 Å². The molecule has 0 fully saturated rings. The first-order valence-electron chi connectivity index (χ1n) is 10.2. The fourth-order valence-corrected chi connectivity index (χ4v) is 3.29. The molecule has 4 heteroatoms. The predicted molar refractivity (Wildman–Crippen MR) is 116 cm³/mol. The molecule has 0 saturated heterocycles. The van der Waals surface area contributed by atoms with Crippen molar-refractivity contribution in [2.24, 2.45) is 0 Å². The minimum atomic E-state index is 0.768. The number of nitrogens with one attached hydrogen (secondary N) is 1. The van der Waals surface area contributed by atoms with Gasteiger partial charge in [-0.05, 0) is 37.1 Å². The van der Waals surface area contributed by atoms with Crippen molar-refractivity contribution in [3.8, 4) is 11.5 Å². The van der Waals surface area contributed by atoms with Crippen molar-refractivity contribution in [3.05, 3.63) is 60.8 Å². The summed E-state index contributed by atoms with van der Waals surface area (Å²) in [5.41, 5.74) is 2.23. The number of ether oxygens (including phenoxy) is 2. The molecule has 2 aromatic carbocycles. The van der Waals surface area contributed by atoms with E-state index in [1.54, 1.807) is 7.11 Å². The van der Waals surface area contributed by atoms with Gasteiger partial charge < -0.3 is 14.8 Å². The van der Waals surface area contributed by atoms with Crippen molar-refractivity contribution < 1.29 is 9.47 Å². The van der Waals surface area contributed by atoms with Gasteiger partial charge in [0.25, 0.3) is 0 Å². The number of rotatable bonds is 12. The first-order chi connectivity index (χ1) is 13.9. The van der Waals surface area contributed by atoms with Gasteiger partial charge in [0.15, 0.2) is 0 Å². The average Bonchev–Trinajstić information content (AvgIpc) is 2.75. The fourth-order valence-electron chi connectivity index (χ4n) is 3.29. The van der Waals surface area contributed by atoms with Gasteiger partial charge in [-0.25, -0.2) is 0 Å². The second-order valence-corrected chi connectivity index (χ2v) is 6.95. The Kier molecular flexibility index (Phi) is 7.98. The third-order valence-electron chi connectivity index (χ3n) is 4.85. The highest BCUT2D eigenvalue weighted by Gasteiger charge is 2.00. The number of para-hydroxylation sites is 1. The molecule has 0 atom stereocenters. The Balaban J connectivity index is 1.23. The molecule has 3 aromatic rings. The van der Waals surface area contributed by atoms with E-state index in [-0.39, 0.29) is 0 Å². The van der Waals surface area contributed by atoms with Crippen LogP contribution in [0.1, 0.15) is 38.5 Å². The van der Waals surface area contributed by atoms with Crippen LogP contribution in [0.4, 0.5) is 5.69 Å². The quantitative estimate of drug-likeness (QED) is 0.388. The molecule has 0 aliphatic carbocycles. The number of pyridine rings is 1. The molecule has 0 saturated carbocycles. The van der Waals surface area contributed by atoms with Crippen molar-refractivity contribution in [2.45, 2.75) is 38.5 Å². The lowest BCUT2D eigenvalue weighted by atomic mass is 10.1. The van der Waals surface area contributed by atoms with Crippen LogP contribution >= 0.6 is 0 Å². The number of benzene rings is 2. The van der Waals surface area contributed by atoms with Gasteiger partial charge in [-0.3, -0.25) is 4.98 Å². The highest BCUT2D eigenvalue weighted by molar-refractivity contribution is 5.90. The monoisotopic (exact) mass is 378 g/mol. The molecule has 3 rings (SSSR count). The Morgan fingerprint density at radius 3 is 2.50 bits per heavy atom. The topological polar surface area (TPSA) is 43.4 Å². The average molecular weight is 379 g/mol. The van der Waals surface area contributed by atoms with Crippen molar-refractivity contribution in [2.75, 3.05) is 25.6 Å². The van der Waals surface area contributed by atoms with Gasteiger partial charge >= 0.3 is 0 Å². The Hall–Kier alpha value is -2.75. The van der Waals surface area contributed by atoms with Crippen molar-refractivity contribution in [3.63, 3.8) is 0 Å². The summed E-state index contributed by atoms with van der Waals surface area (Å²) < 4.78 is 11.0. The molecule has 0 amide bonds. The molecule has 1 aromatic heterocycles. The number of hydrogen-bond acceptors (Lipinski definition) is 4. The Morgan fingerprint density at radius 2 is 1.61 bits per heavy atom. The van der Waals surface area contributed by atoms with Crippen molar-refractivity contribution in [1.82, 2.24) is 4.98 Å². The third-order valence-corrected chi connectivity index (χ3v) is 4.85. The molecule has 0 aliphatic heterocycles. The summed E-state index contributed by atoms with van der Waals surface area (Å²) in [6.07, 6.45) is 9.17. The summed E-state index contributed by atoms with van der Waals surface area (Å²) in [5, 5.41) is 4.75. The zero-order valence-electron chi connectivity index (χ0n) is 16.7. The van der Waals surface area contributed by atoms with Gasteiger partial charge in [-0.2, -0.15) is 0 Å². The van der Waals surface area contributed by atoms with Crippen LogP contribution in [0, 0.1) is 0 Å². The summed E-state index contributed by atoms with van der Waals surface area (Å²) in [4.78, 5) is 4.41. The summed E-state index contributed by atoms with van der Waals surface area (Å²) >= 11 is 0. The van der Waals surface area contributed by atoms with Crippen molar-refractivity contribution in [1.29, 1.82) is 0 Å². The molecule has 148 valence electrons. The van der Waals surface area contributed by atoms with E-state index >= 15 is 0 Å². The standard InChI is InChI=1S/C24H30N2O2/c1-27-20-11-10-12-21(19-20)28-18-9-5-3-2-4-8-16-25-24-15-17-26-23-14-7-6-13-22(23)24/h6-7,10-15,17,19H,2-5,8-9,16,18H2,1H3,(H,25,26). The van der Waals surface area contributed by atoms with E-state index < -0.39 is 0 Å². The number of nitrogens with zero attached hydrogens (tertiary/aromatic N) is 1. The molecule has 1 heterocycles. The van der Waals surface area contributed by atoms with Crippen molar-refractivity contribution >= 4 is 16.6 Å². The number of unbranched alkanes of at least 4 members (excludes halogenated alkanes) is 5. The first-order valence-corrected chi connectivity index (χ1v) is 10.2. The fraction of sp³-hybridized carbons (Fsp3) is 0.375. The van der Waals surface area contributed by atoms with E-state index in [2.05, 4.69) is 34.6 Å². The van der Waals surface area contributed by atoms with Gasteiger partial charge in [0.05, 0.1) is 19.2 Å². The van der Waals surface area contributed by atoms with Gasteiger partial charge in [-0.15, -0.1) is 0 Å². The third kappa shape index (κ3) is 6.15. The number of aromatic nitrogens is 1. The van der Waals surface area contributed by atoms with Gasteiger partial charge in [0, 0.05) is 29.9 Å². The first kappa shape index (κ1) is 20.0. The minimum Gasteiger partial charge on any atom is -0.497 e. The van der Waals surface area contributed by atoms with Crippen LogP contribution in [-0.4, -0.2) is 25.2 Å². The summed E-state index contributed by atoms with van der Waals surface area (Å²) in [6.45, 7) is 1.77. The summed E-state index contributed by atoms with van der Waals surface area (Å²) in [7, 11) is 1.67. The van der Waals surface area contributed by atoms with Crippen LogP contribution in [0.25, 0.3) is 10.9 Å². The van der Waals surface area contributed by atoms with Crippen LogP contribution in [0.3, 0.4) is 0 Å². The lowest BCUT2D eigenvalue weighted by molar-refractivity contribution is 0.302. The van der Waals surface area contributed by atoms with E-state index in [4.69, 9.17) is 9.47 Å². The Labute approximate surface area is 167 Å². The van der Waals surface area contributed by atoms with Crippen LogP contribution in [0.15, 0.2) is 60.8 Å². The largest absolute Gasteiger partial charge is 0.497 e. The van der Waals surface area contributed by atoms with Crippen LogP contribution in [0.5, 0.6) is 11.5 Å². The molecule has 0 spiro atoms. The van der Waals surface area contributed by atoms with E-state index in [1.165, 1.54) is 43.2 Å². The van der Waals surface area contributed by atoms with Crippen LogP contribution < -0.4 is 14.8 Å². The molecule has 4 nitrogen and oxygen atoms in total. The predicted octanol–water partition coefficient (Wildman–Crippen LogP) is 6.07. The molecule has 0 bridgehead atoms. The van der Waals surface area contributed by atoms with Crippen LogP contribution in [0.2, 0.25) is 0 Å². The molecule has 28 heavy (non-hydrogen) atoms. The number of anilines is 1. The van der Waals surface area contributed by atoms with Gasteiger partial charge in [0.2, 0.25) is 0 Å². The summed E-state index contributed by atoms with van der Waals surface area (Å²) in [6, 6.07) is 18.1. The highest BCUT2D eigenvalue weighted by Crippen LogP contribution is 2.21. The molecular formula is C24H30N2O2. The Bertz CT molecular complexity index is 845. The van der Waals surface area contributed by atoms with E-state index in [0.29, 0.717) is 0 Å². The smallest absolute Gasteiger partial charge is 0.122 e. The van der Waals surface area contributed by atoms with E-state index in [1.807, 2.05) is 36.5 Å². The van der Waals surface area contributed by atoms with Gasteiger partial charge in [-0.1, -0.05) is 49.9 Å². The molecule has 0 radical (unpaired) electrons. The van der Waals surface area contributed by atoms with Gasteiger partial charge in [0.1, 0.15) is 11.5 Å². The lowest BCUT2D eigenvalue weighted by Gasteiger charge is -2.09. The molecular weight excluding hydrogens is 348 g/mol. The summed E-state index contributed by atoms with van der Waals surface area (Å²) in [5.74, 6) is 1.72.